The van der Waals surface area contributed by atoms with Gasteiger partial charge in [-0.15, -0.1) is 0 Å². The van der Waals surface area contributed by atoms with E-state index in [1.165, 1.54) is 0 Å². The van der Waals surface area contributed by atoms with Gasteiger partial charge in [-0.25, -0.2) is 0 Å². The van der Waals surface area contributed by atoms with E-state index in [-0.39, 0.29) is 6.04 Å². The first kappa shape index (κ1) is 16.7. The van der Waals surface area contributed by atoms with Gasteiger partial charge in [-0.2, -0.15) is 0 Å². The summed E-state index contributed by atoms with van der Waals surface area (Å²) in [6, 6.07) is 7.90. The molecule has 0 aliphatic carbocycles. The number of hydrogen-bond donors (Lipinski definition) is 1. The van der Waals surface area contributed by atoms with Crippen LogP contribution >= 0.6 is 11.6 Å². The summed E-state index contributed by atoms with van der Waals surface area (Å²) in [7, 11) is 1.59. The maximum absolute atomic E-state index is 6.25. The van der Waals surface area contributed by atoms with Gasteiger partial charge in [0.05, 0.1) is 24.8 Å². The first-order chi connectivity index (χ1) is 10.5. The summed E-state index contributed by atoms with van der Waals surface area (Å²) in [6.07, 6.45) is 0. The normalized spacial score (nSPS) is 12.2. The molecule has 1 unspecified atom stereocenters. The van der Waals surface area contributed by atoms with Crippen molar-refractivity contribution >= 4 is 11.6 Å². The fraction of sp³-hybridized carbons (Fsp3) is 0.412. The zero-order chi connectivity index (χ0) is 16.1. The quantitative estimate of drug-likeness (QED) is 0.814. The number of halogens is 1. The minimum Gasteiger partial charge on any atom is -0.491 e. The zero-order valence-electron chi connectivity index (χ0n) is 13.4. The zero-order valence-corrected chi connectivity index (χ0v) is 14.2. The molecule has 22 heavy (non-hydrogen) atoms. The summed E-state index contributed by atoms with van der Waals surface area (Å²) in [5.74, 6) is 3.06. The van der Waals surface area contributed by atoms with Crippen LogP contribution in [0.5, 0.6) is 11.5 Å². The number of furan rings is 1. The van der Waals surface area contributed by atoms with Crippen molar-refractivity contribution in [2.45, 2.75) is 33.4 Å². The van der Waals surface area contributed by atoms with E-state index in [4.69, 9.17) is 25.5 Å². The molecule has 0 radical (unpaired) electrons. The Morgan fingerprint density at radius 1 is 1.32 bits per heavy atom. The van der Waals surface area contributed by atoms with Crippen molar-refractivity contribution in [1.82, 2.24) is 5.32 Å². The molecular formula is C17H22ClNO3. The summed E-state index contributed by atoms with van der Waals surface area (Å²) < 4.78 is 16.5. The SMILES string of the molecule is CCOc1cc(CNC(C)c2ccc(C)o2)cc(Cl)c1OC. The van der Waals surface area contributed by atoms with Crippen molar-refractivity contribution in [3.63, 3.8) is 0 Å². The van der Waals surface area contributed by atoms with Crippen molar-refractivity contribution in [2.24, 2.45) is 0 Å². The molecule has 5 heteroatoms. The predicted octanol–water partition coefficient (Wildman–Crippen LogP) is 4.50. The van der Waals surface area contributed by atoms with Gasteiger partial charge < -0.3 is 19.2 Å². The fourth-order valence-corrected chi connectivity index (χ4v) is 2.55. The molecule has 0 amide bonds. The topological polar surface area (TPSA) is 43.6 Å². The average Bonchev–Trinajstić information content (AvgIpc) is 2.91. The largest absolute Gasteiger partial charge is 0.491 e. The van der Waals surface area contributed by atoms with E-state index < -0.39 is 0 Å². The van der Waals surface area contributed by atoms with Gasteiger partial charge in [0.2, 0.25) is 0 Å². The van der Waals surface area contributed by atoms with E-state index in [1.807, 2.05) is 38.1 Å². The van der Waals surface area contributed by atoms with Gasteiger partial charge in [0.15, 0.2) is 11.5 Å². The Hall–Kier alpha value is -1.65. The number of benzene rings is 1. The summed E-state index contributed by atoms with van der Waals surface area (Å²) in [4.78, 5) is 0. The van der Waals surface area contributed by atoms with Crippen LogP contribution in [0.15, 0.2) is 28.7 Å². The van der Waals surface area contributed by atoms with Crippen LogP contribution < -0.4 is 14.8 Å². The van der Waals surface area contributed by atoms with Gasteiger partial charge in [-0.05, 0) is 50.6 Å². The highest BCUT2D eigenvalue weighted by atomic mass is 35.5. The van der Waals surface area contributed by atoms with E-state index in [0.29, 0.717) is 29.7 Å². The Kier molecular flexibility index (Phi) is 5.75. The van der Waals surface area contributed by atoms with Gasteiger partial charge in [0, 0.05) is 6.54 Å². The number of rotatable bonds is 7. The molecule has 1 heterocycles. The predicted molar refractivity (Wildman–Crippen MR) is 87.9 cm³/mol. The third kappa shape index (κ3) is 3.96. The van der Waals surface area contributed by atoms with E-state index in [9.17, 15) is 0 Å². The lowest BCUT2D eigenvalue weighted by molar-refractivity contribution is 0.310. The first-order valence-corrected chi connectivity index (χ1v) is 7.71. The molecule has 0 spiro atoms. The Morgan fingerprint density at radius 3 is 2.68 bits per heavy atom. The smallest absolute Gasteiger partial charge is 0.179 e. The van der Waals surface area contributed by atoms with E-state index in [2.05, 4.69) is 12.2 Å². The standard InChI is InChI=1S/C17H22ClNO3/c1-5-21-16-9-13(8-14(18)17(16)20-4)10-19-12(3)15-7-6-11(2)22-15/h6-9,12,19H,5,10H2,1-4H3. The Labute approximate surface area is 136 Å². The maximum Gasteiger partial charge on any atom is 0.179 e. The molecule has 0 saturated carbocycles. The molecule has 4 nitrogen and oxygen atoms in total. The number of hydrogen-bond acceptors (Lipinski definition) is 4. The van der Waals surface area contributed by atoms with E-state index in [0.717, 1.165) is 17.1 Å². The highest BCUT2D eigenvalue weighted by Gasteiger charge is 2.13. The molecule has 0 bridgehead atoms. The van der Waals surface area contributed by atoms with Gasteiger partial charge in [0.1, 0.15) is 11.5 Å². The molecule has 1 aromatic heterocycles. The van der Waals surface area contributed by atoms with E-state index in [1.54, 1.807) is 7.11 Å². The number of ether oxygens (including phenoxy) is 2. The van der Waals surface area contributed by atoms with Crippen LogP contribution in [0, 0.1) is 6.92 Å². The lowest BCUT2D eigenvalue weighted by atomic mass is 10.1. The minimum atomic E-state index is 0.116. The lowest BCUT2D eigenvalue weighted by Crippen LogP contribution is -2.17. The van der Waals surface area contributed by atoms with Crippen molar-refractivity contribution in [3.05, 3.63) is 46.4 Å². The van der Waals surface area contributed by atoms with Crippen LogP contribution in [0.2, 0.25) is 5.02 Å². The third-order valence-electron chi connectivity index (χ3n) is 3.37. The molecule has 0 saturated heterocycles. The third-order valence-corrected chi connectivity index (χ3v) is 3.65. The Balaban J connectivity index is 2.09. The van der Waals surface area contributed by atoms with Crippen LogP contribution in [0.1, 0.15) is 37.0 Å². The molecule has 0 aliphatic heterocycles. The molecule has 0 aliphatic rings. The number of methoxy groups -OCH3 is 1. The van der Waals surface area contributed by atoms with Gasteiger partial charge >= 0.3 is 0 Å². The molecule has 2 aromatic rings. The summed E-state index contributed by atoms with van der Waals surface area (Å²) in [6.45, 7) is 7.15. The highest BCUT2D eigenvalue weighted by molar-refractivity contribution is 6.32. The van der Waals surface area contributed by atoms with E-state index >= 15 is 0 Å². The summed E-state index contributed by atoms with van der Waals surface area (Å²) in [5, 5.41) is 3.96. The van der Waals surface area contributed by atoms with Crippen molar-refractivity contribution in [3.8, 4) is 11.5 Å². The van der Waals surface area contributed by atoms with Crippen molar-refractivity contribution < 1.29 is 13.9 Å². The van der Waals surface area contributed by atoms with Crippen molar-refractivity contribution in [2.75, 3.05) is 13.7 Å². The highest BCUT2D eigenvalue weighted by Crippen LogP contribution is 2.36. The lowest BCUT2D eigenvalue weighted by Gasteiger charge is -2.15. The van der Waals surface area contributed by atoms with Gasteiger partial charge in [-0.1, -0.05) is 11.6 Å². The average molecular weight is 324 g/mol. The minimum absolute atomic E-state index is 0.116. The van der Waals surface area contributed by atoms with Gasteiger partial charge in [0.25, 0.3) is 0 Å². The maximum atomic E-state index is 6.25. The molecule has 2 rings (SSSR count). The number of aryl methyl sites for hydroxylation is 1. The van der Waals surface area contributed by atoms with Crippen LogP contribution in [-0.2, 0) is 6.54 Å². The van der Waals surface area contributed by atoms with Crippen LogP contribution in [-0.4, -0.2) is 13.7 Å². The van der Waals surface area contributed by atoms with Crippen LogP contribution in [0.4, 0.5) is 0 Å². The first-order valence-electron chi connectivity index (χ1n) is 7.34. The second-order valence-corrected chi connectivity index (χ2v) is 5.50. The molecular weight excluding hydrogens is 302 g/mol. The second kappa shape index (κ2) is 7.56. The molecule has 1 N–H and O–H groups in total. The molecule has 1 atom stereocenters. The second-order valence-electron chi connectivity index (χ2n) is 5.09. The van der Waals surface area contributed by atoms with Crippen molar-refractivity contribution in [1.29, 1.82) is 0 Å². The molecule has 0 fully saturated rings. The van der Waals surface area contributed by atoms with Crippen LogP contribution in [0.25, 0.3) is 0 Å². The summed E-state index contributed by atoms with van der Waals surface area (Å²) in [5.41, 5.74) is 1.03. The molecule has 1 aromatic carbocycles. The summed E-state index contributed by atoms with van der Waals surface area (Å²) >= 11 is 6.25. The molecule has 120 valence electrons. The Bertz CT molecular complexity index is 624. The number of nitrogens with one attached hydrogen (secondary N) is 1. The van der Waals surface area contributed by atoms with Gasteiger partial charge in [-0.3, -0.25) is 0 Å². The monoisotopic (exact) mass is 323 g/mol. The van der Waals surface area contributed by atoms with Crippen LogP contribution in [0.3, 0.4) is 0 Å². The fourth-order valence-electron chi connectivity index (χ4n) is 2.24. The Morgan fingerprint density at radius 2 is 2.09 bits per heavy atom.